The van der Waals surface area contributed by atoms with Crippen LogP contribution < -0.4 is 5.56 Å². The highest BCUT2D eigenvalue weighted by molar-refractivity contribution is 7.99. The van der Waals surface area contributed by atoms with Crippen molar-refractivity contribution in [3.63, 3.8) is 0 Å². The van der Waals surface area contributed by atoms with Crippen LogP contribution in [0.1, 0.15) is 36.9 Å². The second kappa shape index (κ2) is 9.57. The zero-order valence-electron chi connectivity index (χ0n) is 14.7. The number of benzene rings is 1. The van der Waals surface area contributed by atoms with Crippen molar-refractivity contribution in [3.05, 3.63) is 49.9 Å². The molecule has 0 radical (unpaired) electrons. The number of halogens is 2. The average molecular weight is 427 g/mol. The smallest absolute Gasteiger partial charge is 0.273 e. The Balaban J connectivity index is 1.60. The molecule has 0 atom stereocenters. The van der Waals surface area contributed by atoms with E-state index in [1.807, 2.05) is 4.90 Å². The fourth-order valence-corrected chi connectivity index (χ4v) is 3.94. The standard InChI is InChI=1S/C18H20Cl2N4O2S/c19-13-6-5-12(9-14(13)20)10-15-17(26)21-18(23-22-15)27-11-16(25)24-7-3-1-2-4-8-24/h5-6,9H,1-4,7-8,10-11H2,(H,21,23,26). The number of hydrogen-bond acceptors (Lipinski definition) is 5. The lowest BCUT2D eigenvalue weighted by molar-refractivity contribution is -0.128. The van der Waals surface area contributed by atoms with E-state index in [1.54, 1.807) is 18.2 Å². The first-order chi connectivity index (χ1) is 13.0. The Labute approximate surface area is 171 Å². The largest absolute Gasteiger partial charge is 0.342 e. The van der Waals surface area contributed by atoms with Gasteiger partial charge in [0.2, 0.25) is 5.91 Å². The van der Waals surface area contributed by atoms with E-state index in [4.69, 9.17) is 23.2 Å². The summed E-state index contributed by atoms with van der Waals surface area (Å²) in [6.45, 7) is 1.62. The monoisotopic (exact) mass is 426 g/mol. The molecule has 2 aromatic rings. The van der Waals surface area contributed by atoms with Gasteiger partial charge in [0.05, 0.1) is 15.8 Å². The van der Waals surface area contributed by atoms with Gasteiger partial charge in [-0.2, -0.15) is 0 Å². The SMILES string of the molecule is O=C(CSc1nnc(Cc2ccc(Cl)c(Cl)c2)c(=O)[nH]1)N1CCCCCC1. The number of nitrogens with zero attached hydrogens (tertiary/aromatic N) is 3. The minimum absolute atomic E-state index is 0.0735. The Morgan fingerprint density at radius 2 is 1.85 bits per heavy atom. The maximum Gasteiger partial charge on any atom is 0.273 e. The Hall–Kier alpha value is -1.57. The zero-order chi connectivity index (χ0) is 19.2. The molecule has 0 unspecified atom stereocenters. The van der Waals surface area contributed by atoms with Gasteiger partial charge in [-0.3, -0.25) is 14.6 Å². The topological polar surface area (TPSA) is 79.0 Å². The number of aromatic nitrogens is 3. The molecular formula is C18H20Cl2N4O2S. The summed E-state index contributed by atoms with van der Waals surface area (Å²) in [6, 6.07) is 5.17. The highest BCUT2D eigenvalue weighted by Gasteiger charge is 2.16. The molecule has 9 heteroatoms. The fraction of sp³-hybridized carbons (Fsp3) is 0.444. The van der Waals surface area contributed by atoms with Crippen molar-refractivity contribution in [1.82, 2.24) is 20.1 Å². The van der Waals surface area contributed by atoms with Gasteiger partial charge in [-0.25, -0.2) is 0 Å². The van der Waals surface area contributed by atoms with Crippen LogP contribution in [0.15, 0.2) is 28.2 Å². The average Bonchev–Trinajstić information content (AvgIpc) is 2.94. The summed E-state index contributed by atoms with van der Waals surface area (Å²) in [5.41, 5.74) is 0.790. The van der Waals surface area contributed by atoms with Crippen LogP contribution in [0, 0.1) is 0 Å². The van der Waals surface area contributed by atoms with Crippen molar-refractivity contribution in [2.45, 2.75) is 37.3 Å². The molecule has 1 aromatic carbocycles. The molecule has 0 bridgehead atoms. The van der Waals surface area contributed by atoms with Gasteiger partial charge in [-0.1, -0.05) is 53.9 Å². The van der Waals surface area contributed by atoms with Gasteiger partial charge in [0, 0.05) is 19.5 Å². The number of carbonyl (C=O) groups excluding carboxylic acids is 1. The van der Waals surface area contributed by atoms with E-state index >= 15 is 0 Å². The zero-order valence-corrected chi connectivity index (χ0v) is 17.0. The van der Waals surface area contributed by atoms with Gasteiger partial charge in [0.15, 0.2) is 5.16 Å². The third-order valence-electron chi connectivity index (χ3n) is 4.39. The second-order valence-electron chi connectivity index (χ2n) is 6.41. The molecule has 0 spiro atoms. The highest BCUT2D eigenvalue weighted by atomic mass is 35.5. The lowest BCUT2D eigenvalue weighted by atomic mass is 10.1. The number of H-pyrrole nitrogens is 1. The first-order valence-electron chi connectivity index (χ1n) is 8.83. The molecule has 0 saturated carbocycles. The number of hydrogen-bond donors (Lipinski definition) is 1. The highest BCUT2D eigenvalue weighted by Crippen LogP contribution is 2.23. The van der Waals surface area contributed by atoms with Crippen molar-refractivity contribution < 1.29 is 4.79 Å². The van der Waals surface area contributed by atoms with Gasteiger partial charge < -0.3 is 4.90 Å². The lowest BCUT2D eigenvalue weighted by Gasteiger charge is -2.19. The van der Waals surface area contributed by atoms with Crippen LogP contribution in [-0.4, -0.2) is 44.8 Å². The molecular weight excluding hydrogens is 407 g/mol. The molecule has 2 heterocycles. The van der Waals surface area contributed by atoms with E-state index in [-0.39, 0.29) is 22.9 Å². The summed E-state index contributed by atoms with van der Waals surface area (Å²) in [5, 5.41) is 9.29. The van der Waals surface area contributed by atoms with E-state index in [0.717, 1.165) is 31.5 Å². The maximum atomic E-state index is 12.3. The Bertz CT molecular complexity index is 867. The summed E-state index contributed by atoms with van der Waals surface area (Å²) in [6.07, 6.45) is 4.76. The van der Waals surface area contributed by atoms with E-state index in [1.165, 1.54) is 24.6 Å². The van der Waals surface area contributed by atoms with E-state index in [0.29, 0.717) is 21.6 Å². The molecule has 1 fully saturated rings. The molecule has 1 aliphatic rings. The molecule has 1 aromatic heterocycles. The summed E-state index contributed by atoms with van der Waals surface area (Å²) in [4.78, 5) is 29.2. The molecule has 144 valence electrons. The number of aromatic amines is 1. The number of carbonyl (C=O) groups is 1. The molecule has 3 rings (SSSR count). The number of amides is 1. The van der Waals surface area contributed by atoms with Gasteiger partial charge in [0.1, 0.15) is 5.69 Å². The minimum atomic E-state index is -0.319. The normalized spacial score (nSPS) is 14.8. The van der Waals surface area contributed by atoms with Crippen LogP contribution in [0.3, 0.4) is 0 Å². The second-order valence-corrected chi connectivity index (χ2v) is 8.19. The number of nitrogens with one attached hydrogen (secondary N) is 1. The van der Waals surface area contributed by atoms with Crippen molar-refractivity contribution >= 4 is 40.9 Å². The maximum absolute atomic E-state index is 12.3. The van der Waals surface area contributed by atoms with Crippen molar-refractivity contribution in [1.29, 1.82) is 0 Å². The molecule has 1 N–H and O–H groups in total. The van der Waals surface area contributed by atoms with Gasteiger partial charge in [-0.15, -0.1) is 10.2 Å². The predicted octanol–water partition coefficient (Wildman–Crippen LogP) is 3.56. The summed E-state index contributed by atoms with van der Waals surface area (Å²) in [7, 11) is 0. The van der Waals surface area contributed by atoms with Gasteiger partial charge in [-0.05, 0) is 30.5 Å². The third kappa shape index (κ3) is 5.70. The third-order valence-corrected chi connectivity index (χ3v) is 5.98. The fourth-order valence-electron chi connectivity index (χ4n) is 2.91. The van der Waals surface area contributed by atoms with E-state index in [2.05, 4.69) is 15.2 Å². The number of likely N-dealkylation sites (tertiary alicyclic amines) is 1. The molecule has 0 aliphatic carbocycles. The van der Waals surface area contributed by atoms with Crippen molar-refractivity contribution in [3.8, 4) is 0 Å². The van der Waals surface area contributed by atoms with Crippen LogP contribution in [0.4, 0.5) is 0 Å². The van der Waals surface area contributed by atoms with Crippen LogP contribution in [-0.2, 0) is 11.2 Å². The van der Waals surface area contributed by atoms with Crippen LogP contribution in [0.25, 0.3) is 0 Å². The van der Waals surface area contributed by atoms with Gasteiger partial charge >= 0.3 is 0 Å². The Morgan fingerprint density at radius 1 is 1.11 bits per heavy atom. The number of rotatable bonds is 5. The summed E-state index contributed by atoms with van der Waals surface area (Å²) >= 11 is 13.1. The molecule has 1 amide bonds. The van der Waals surface area contributed by atoms with Crippen LogP contribution in [0.5, 0.6) is 0 Å². The van der Waals surface area contributed by atoms with Crippen LogP contribution >= 0.6 is 35.0 Å². The number of thioether (sulfide) groups is 1. The lowest BCUT2D eigenvalue weighted by Crippen LogP contribution is -2.33. The minimum Gasteiger partial charge on any atom is -0.342 e. The van der Waals surface area contributed by atoms with Crippen molar-refractivity contribution in [2.75, 3.05) is 18.8 Å². The molecule has 27 heavy (non-hydrogen) atoms. The van der Waals surface area contributed by atoms with E-state index in [9.17, 15) is 9.59 Å². The Kier molecular flexibility index (Phi) is 7.15. The molecule has 6 nitrogen and oxygen atoms in total. The van der Waals surface area contributed by atoms with E-state index < -0.39 is 0 Å². The predicted molar refractivity (Wildman–Crippen MR) is 108 cm³/mol. The molecule has 1 aliphatic heterocycles. The quantitative estimate of drug-likeness (QED) is 0.739. The first kappa shape index (κ1) is 20.2. The van der Waals surface area contributed by atoms with Crippen molar-refractivity contribution in [2.24, 2.45) is 0 Å². The van der Waals surface area contributed by atoms with Gasteiger partial charge in [0.25, 0.3) is 5.56 Å². The Morgan fingerprint density at radius 3 is 2.52 bits per heavy atom. The summed E-state index contributed by atoms with van der Waals surface area (Å²) in [5.74, 6) is 0.320. The van der Waals surface area contributed by atoms with Crippen LogP contribution in [0.2, 0.25) is 10.0 Å². The summed E-state index contributed by atoms with van der Waals surface area (Å²) < 4.78 is 0. The first-order valence-corrected chi connectivity index (χ1v) is 10.6. The molecule has 1 saturated heterocycles.